The van der Waals surface area contributed by atoms with E-state index in [2.05, 4.69) is 10.6 Å². The normalized spacial score (nSPS) is 14.5. The number of methoxy groups -OCH3 is 2. The second-order valence-corrected chi connectivity index (χ2v) is 5.30. The number of nitrogens with one attached hydrogen (secondary N) is 2. The van der Waals surface area contributed by atoms with Crippen LogP contribution in [0.3, 0.4) is 0 Å². The molecule has 0 bridgehead atoms. The van der Waals surface area contributed by atoms with E-state index < -0.39 is 0 Å². The van der Waals surface area contributed by atoms with Crippen LogP contribution in [0.4, 0.5) is 0 Å². The standard InChI is InChI=1S/C16H22N2O4/c1-21-13-8-7-11(9-14(13)22-2)16(20)17-10-15(19)18-12-5-3-4-6-12/h7-9,12H,3-6,10H2,1-2H3,(H,17,20)(H,18,19). The van der Waals surface area contributed by atoms with Gasteiger partial charge in [-0.25, -0.2) is 0 Å². The summed E-state index contributed by atoms with van der Waals surface area (Å²) in [5.41, 5.74) is 0.423. The van der Waals surface area contributed by atoms with E-state index in [0.717, 1.165) is 25.7 Å². The van der Waals surface area contributed by atoms with Crippen molar-refractivity contribution >= 4 is 11.8 Å². The molecule has 0 heterocycles. The van der Waals surface area contributed by atoms with E-state index in [1.54, 1.807) is 18.2 Å². The molecule has 1 saturated carbocycles. The molecule has 0 aromatic heterocycles. The van der Waals surface area contributed by atoms with Gasteiger partial charge in [-0.3, -0.25) is 9.59 Å². The lowest BCUT2D eigenvalue weighted by Crippen LogP contribution is -2.40. The summed E-state index contributed by atoms with van der Waals surface area (Å²) in [5, 5.41) is 5.54. The topological polar surface area (TPSA) is 76.7 Å². The lowest BCUT2D eigenvalue weighted by Gasteiger charge is -2.13. The predicted molar refractivity (Wildman–Crippen MR) is 82.3 cm³/mol. The van der Waals surface area contributed by atoms with Crippen LogP contribution in [0, 0.1) is 0 Å². The van der Waals surface area contributed by atoms with Crippen LogP contribution < -0.4 is 20.1 Å². The number of carbonyl (C=O) groups excluding carboxylic acids is 2. The molecule has 120 valence electrons. The first-order chi connectivity index (χ1) is 10.6. The minimum Gasteiger partial charge on any atom is -0.493 e. The zero-order valence-electron chi connectivity index (χ0n) is 13.0. The average molecular weight is 306 g/mol. The Hall–Kier alpha value is -2.24. The molecule has 6 nitrogen and oxygen atoms in total. The van der Waals surface area contributed by atoms with Crippen LogP contribution in [0.15, 0.2) is 18.2 Å². The molecule has 0 atom stereocenters. The number of benzene rings is 1. The van der Waals surface area contributed by atoms with E-state index in [1.807, 2.05) is 0 Å². The van der Waals surface area contributed by atoms with E-state index in [-0.39, 0.29) is 24.4 Å². The van der Waals surface area contributed by atoms with Crippen LogP contribution in [0.5, 0.6) is 11.5 Å². The number of ether oxygens (including phenoxy) is 2. The molecule has 2 N–H and O–H groups in total. The summed E-state index contributed by atoms with van der Waals surface area (Å²) in [6.45, 7) is -0.0241. The average Bonchev–Trinajstić information content (AvgIpc) is 3.04. The van der Waals surface area contributed by atoms with Gasteiger partial charge in [0, 0.05) is 11.6 Å². The van der Waals surface area contributed by atoms with Gasteiger partial charge in [0.15, 0.2) is 11.5 Å². The quantitative estimate of drug-likeness (QED) is 0.835. The number of rotatable bonds is 6. The highest BCUT2D eigenvalue weighted by atomic mass is 16.5. The van der Waals surface area contributed by atoms with Crippen molar-refractivity contribution in [2.24, 2.45) is 0 Å². The summed E-state index contributed by atoms with van der Waals surface area (Å²) >= 11 is 0. The van der Waals surface area contributed by atoms with E-state index in [0.29, 0.717) is 17.1 Å². The third-order valence-corrected chi connectivity index (χ3v) is 3.78. The summed E-state index contributed by atoms with van der Waals surface area (Å²) < 4.78 is 10.3. The Morgan fingerprint density at radius 3 is 2.45 bits per heavy atom. The minimum atomic E-state index is -0.317. The molecule has 1 aliphatic rings. The Morgan fingerprint density at radius 2 is 1.82 bits per heavy atom. The molecule has 1 aliphatic carbocycles. The van der Waals surface area contributed by atoms with Gasteiger partial charge in [0.1, 0.15) is 0 Å². The summed E-state index contributed by atoms with van der Waals surface area (Å²) in [6.07, 6.45) is 4.36. The van der Waals surface area contributed by atoms with Crippen molar-refractivity contribution in [3.63, 3.8) is 0 Å². The Kier molecular flexibility index (Phi) is 5.63. The smallest absolute Gasteiger partial charge is 0.251 e. The molecule has 1 fully saturated rings. The van der Waals surface area contributed by atoms with Crippen LogP contribution in [0.2, 0.25) is 0 Å². The second kappa shape index (κ2) is 7.68. The maximum absolute atomic E-state index is 12.1. The van der Waals surface area contributed by atoms with Crippen LogP contribution in [0.1, 0.15) is 36.0 Å². The van der Waals surface area contributed by atoms with Crippen molar-refractivity contribution in [2.45, 2.75) is 31.7 Å². The Morgan fingerprint density at radius 1 is 1.14 bits per heavy atom. The molecule has 0 spiro atoms. The highest BCUT2D eigenvalue weighted by molar-refractivity contribution is 5.97. The van der Waals surface area contributed by atoms with E-state index >= 15 is 0 Å². The molecular weight excluding hydrogens is 284 g/mol. The van der Waals surface area contributed by atoms with Gasteiger partial charge in [-0.1, -0.05) is 12.8 Å². The predicted octanol–water partition coefficient (Wildman–Crippen LogP) is 1.49. The third-order valence-electron chi connectivity index (χ3n) is 3.78. The number of amides is 2. The van der Waals surface area contributed by atoms with Crippen molar-refractivity contribution < 1.29 is 19.1 Å². The van der Waals surface area contributed by atoms with Crippen molar-refractivity contribution in [2.75, 3.05) is 20.8 Å². The Bertz CT molecular complexity index is 539. The summed E-state index contributed by atoms with van der Waals surface area (Å²) in [4.78, 5) is 23.9. The van der Waals surface area contributed by atoms with Crippen molar-refractivity contribution in [3.8, 4) is 11.5 Å². The van der Waals surface area contributed by atoms with Gasteiger partial charge in [-0.15, -0.1) is 0 Å². The van der Waals surface area contributed by atoms with Gasteiger partial charge in [-0.2, -0.15) is 0 Å². The molecule has 22 heavy (non-hydrogen) atoms. The summed E-state index contributed by atoms with van der Waals surface area (Å²) in [5.74, 6) is 0.562. The lowest BCUT2D eigenvalue weighted by atomic mass is 10.2. The zero-order chi connectivity index (χ0) is 15.9. The van der Waals surface area contributed by atoms with Crippen LogP contribution in [0.25, 0.3) is 0 Å². The molecule has 2 amide bonds. The summed E-state index contributed by atoms with van der Waals surface area (Å²) in [6, 6.07) is 5.13. The molecular formula is C16H22N2O4. The van der Waals surface area contributed by atoms with E-state index in [1.165, 1.54) is 14.2 Å². The second-order valence-electron chi connectivity index (χ2n) is 5.30. The van der Waals surface area contributed by atoms with Gasteiger partial charge in [-0.05, 0) is 31.0 Å². The van der Waals surface area contributed by atoms with Crippen LogP contribution >= 0.6 is 0 Å². The highest BCUT2D eigenvalue weighted by Crippen LogP contribution is 2.27. The lowest BCUT2D eigenvalue weighted by molar-refractivity contribution is -0.120. The first kappa shape index (κ1) is 16.1. The molecule has 0 aliphatic heterocycles. The number of hydrogen-bond acceptors (Lipinski definition) is 4. The van der Waals surface area contributed by atoms with Crippen LogP contribution in [-0.4, -0.2) is 38.6 Å². The monoisotopic (exact) mass is 306 g/mol. The van der Waals surface area contributed by atoms with Gasteiger partial charge >= 0.3 is 0 Å². The van der Waals surface area contributed by atoms with Gasteiger partial charge < -0.3 is 20.1 Å². The van der Waals surface area contributed by atoms with E-state index in [9.17, 15) is 9.59 Å². The van der Waals surface area contributed by atoms with Gasteiger partial charge in [0.25, 0.3) is 5.91 Å². The van der Waals surface area contributed by atoms with E-state index in [4.69, 9.17) is 9.47 Å². The molecule has 2 rings (SSSR count). The van der Waals surface area contributed by atoms with Crippen molar-refractivity contribution in [1.82, 2.24) is 10.6 Å². The Labute approximate surface area is 130 Å². The molecule has 0 unspecified atom stereocenters. The Balaban J connectivity index is 1.87. The fraction of sp³-hybridized carbons (Fsp3) is 0.500. The molecule has 0 saturated heterocycles. The molecule has 1 aromatic carbocycles. The van der Waals surface area contributed by atoms with Crippen molar-refractivity contribution in [3.05, 3.63) is 23.8 Å². The summed E-state index contributed by atoms with van der Waals surface area (Å²) in [7, 11) is 3.04. The van der Waals surface area contributed by atoms with Gasteiger partial charge in [0.2, 0.25) is 5.91 Å². The third kappa shape index (κ3) is 4.13. The first-order valence-electron chi connectivity index (χ1n) is 7.43. The number of hydrogen-bond donors (Lipinski definition) is 2. The maximum Gasteiger partial charge on any atom is 0.251 e. The molecule has 0 radical (unpaired) electrons. The van der Waals surface area contributed by atoms with Crippen molar-refractivity contribution in [1.29, 1.82) is 0 Å². The highest BCUT2D eigenvalue weighted by Gasteiger charge is 2.17. The largest absolute Gasteiger partial charge is 0.493 e. The number of carbonyl (C=O) groups is 2. The molecule has 6 heteroatoms. The maximum atomic E-state index is 12.1. The SMILES string of the molecule is COc1ccc(C(=O)NCC(=O)NC2CCCC2)cc1OC. The molecule has 1 aromatic rings. The van der Waals surface area contributed by atoms with Gasteiger partial charge in [0.05, 0.1) is 20.8 Å². The fourth-order valence-electron chi connectivity index (χ4n) is 2.59. The minimum absolute atomic E-state index is 0.0241. The first-order valence-corrected chi connectivity index (χ1v) is 7.43. The fourth-order valence-corrected chi connectivity index (χ4v) is 2.59. The van der Waals surface area contributed by atoms with Crippen LogP contribution in [-0.2, 0) is 4.79 Å². The zero-order valence-corrected chi connectivity index (χ0v) is 13.0.